The van der Waals surface area contributed by atoms with Crippen LogP contribution >= 0.6 is 0 Å². The van der Waals surface area contributed by atoms with Gasteiger partial charge in [-0.1, -0.05) is 34.6 Å². The minimum Gasteiger partial charge on any atom is -0.394 e. The number of hydrogen-bond donors (Lipinski definition) is 3. The number of aliphatic hydroxyl groups is 1. The SMILES string of the molecule is CC(C)C(=O)NC(CO)C(=O)NC1CCC(C(C)(C)C)CC1. The van der Waals surface area contributed by atoms with Crippen LogP contribution in [0.3, 0.4) is 0 Å². The lowest BCUT2D eigenvalue weighted by atomic mass is 9.71. The van der Waals surface area contributed by atoms with Gasteiger partial charge in [-0.15, -0.1) is 0 Å². The van der Waals surface area contributed by atoms with E-state index in [1.165, 1.54) is 0 Å². The molecule has 1 aliphatic carbocycles. The summed E-state index contributed by atoms with van der Waals surface area (Å²) in [6.45, 7) is 9.94. The number of carbonyl (C=O) groups excluding carboxylic acids is 2. The van der Waals surface area contributed by atoms with Crippen LogP contribution in [0.1, 0.15) is 60.3 Å². The van der Waals surface area contributed by atoms with Crippen molar-refractivity contribution in [2.75, 3.05) is 6.61 Å². The number of rotatable bonds is 5. The van der Waals surface area contributed by atoms with Crippen LogP contribution in [0.4, 0.5) is 0 Å². The quantitative estimate of drug-likeness (QED) is 0.725. The van der Waals surface area contributed by atoms with Gasteiger partial charge in [-0.2, -0.15) is 0 Å². The zero-order chi connectivity index (χ0) is 16.9. The number of hydrogen-bond acceptors (Lipinski definition) is 3. The number of amides is 2. The second kappa shape index (κ2) is 7.95. The predicted octanol–water partition coefficient (Wildman–Crippen LogP) is 1.84. The van der Waals surface area contributed by atoms with E-state index in [0.717, 1.165) is 25.7 Å². The average Bonchev–Trinajstić information content (AvgIpc) is 2.43. The predicted molar refractivity (Wildman–Crippen MR) is 87.2 cm³/mol. The van der Waals surface area contributed by atoms with Crippen LogP contribution < -0.4 is 10.6 Å². The van der Waals surface area contributed by atoms with Gasteiger partial charge >= 0.3 is 0 Å². The minimum atomic E-state index is -0.852. The highest BCUT2D eigenvalue weighted by Crippen LogP contribution is 2.37. The van der Waals surface area contributed by atoms with Crippen molar-refractivity contribution >= 4 is 11.8 Å². The Morgan fingerprint density at radius 3 is 2.05 bits per heavy atom. The molecule has 128 valence electrons. The van der Waals surface area contributed by atoms with E-state index in [9.17, 15) is 14.7 Å². The Morgan fingerprint density at radius 1 is 1.09 bits per heavy atom. The number of aliphatic hydroxyl groups excluding tert-OH is 1. The van der Waals surface area contributed by atoms with E-state index in [0.29, 0.717) is 11.3 Å². The van der Waals surface area contributed by atoms with Crippen LogP contribution in [0.5, 0.6) is 0 Å². The largest absolute Gasteiger partial charge is 0.394 e. The van der Waals surface area contributed by atoms with Gasteiger partial charge in [0, 0.05) is 12.0 Å². The van der Waals surface area contributed by atoms with E-state index in [2.05, 4.69) is 31.4 Å². The van der Waals surface area contributed by atoms with E-state index in [1.54, 1.807) is 13.8 Å². The Kier molecular flexibility index (Phi) is 6.85. The molecule has 1 atom stereocenters. The number of carbonyl (C=O) groups is 2. The van der Waals surface area contributed by atoms with Crippen molar-refractivity contribution in [2.24, 2.45) is 17.3 Å². The summed E-state index contributed by atoms with van der Waals surface area (Å²) >= 11 is 0. The third-order valence-electron chi connectivity index (χ3n) is 4.64. The first kappa shape index (κ1) is 18.9. The highest BCUT2D eigenvalue weighted by molar-refractivity contribution is 5.88. The fraction of sp³-hybridized carbons (Fsp3) is 0.882. The molecule has 22 heavy (non-hydrogen) atoms. The molecule has 0 aliphatic heterocycles. The standard InChI is InChI=1S/C17H32N2O3/c1-11(2)15(21)19-14(10-20)16(22)18-13-8-6-12(7-9-13)17(3,4)5/h11-14,20H,6-10H2,1-5H3,(H,18,22)(H,19,21). The molecule has 5 nitrogen and oxygen atoms in total. The Hall–Kier alpha value is -1.10. The normalized spacial score (nSPS) is 24.0. The molecule has 1 saturated carbocycles. The molecule has 1 fully saturated rings. The lowest BCUT2D eigenvalue weighted by molar-refractivity contribution is -0.132. The van der Waals surface area contributed by atoms with Crippen molar-refractivity contribution in [3.05, 3.63) is 0 Å². The van der Waals surface area contributed by atoms with E-state index in [-0.39, 0.29) is 30.4 Å². The van der Waals surface area contributed by atoms with E-state index in [1.807, 2.05) is 0 Å². The molecule has 0 aromatic rings. The first-order valence-corrected chi connectivity index (χ1v) is 8.36. The molecule has 3 N–H and O–H groups in total. The second-order valence-corrected chi connectivity index (χ2v) is 7.82. The first-order valence-electron chi connectivity index (χ1n) is 8.36. The molecule has 1 unspecified atom stereocenters. The summed E-state index contributed by atoms with van der Waals surface area (Å²) in [4.78, 5) is 23.9. The Bertz CT molecular complexity index is 380. The highest BCUT2D eigenvalue weighted by atomic mass is 16.3. The summed E-state index contributed by atoms with van der Waals surface area (Å²) in [5.41, 5.74) is 0.313. The van der Waals surface area contributed by atoms with Gasteiger partial charge in [-0.05, 0) is 37.0 Å². The zero-order valence-corrected chi connectivity index (χ0v) is 14.6. The minimum absolute atomic E-state index is 0.149. The molecular formula is C17H32N2O3. The van der Waals surface area contributed by atoms with Crippen LogP contribution in [-0.4, -0.2) is 35.6 Å². The molecule has 0 saturated heterocycles. The maximum absolute atomic E-state index is 12.2. The first-order chi connectivity index (χ1) is 10.1. The topological polar surface area (TPSA) is 78.4 Å². The monoisotopic (exact) mass is 312 g/mol. The van der Waals surface area contributed by atoms with Crippen molar-refractivity contribution in [3.8, 4) is 0 Å². The molecule has 1 aliphatic rings. The van der Waals surface area contributed by atoms with Crippen LogP contribution in [0, 0.1) is 17.3 Å². The molecule has 5 heteroatoms. The van der Waals surface area contributed by atoms with Crippen molar-refractivity contribution in [1.29, 1.82) is 0 Å². The third-order valence-corrected chi connectivity index (χ3v) is 4.64. The third kappa shape index (κ3) is 5.59. The summed E-state index contributed by atoms with van der Waals surface area (Å²) in [6.07, 6.45) is 4.14. The van der Waals surface area contributed by atoms with Crippen molar-refractivity contribution in [1.82, 2.24) is 10.6 Å². The molecule has 0 radical (unpaired) electrons. The summed E-state index contributed by atoms with van der Waals surface area (Å²) in [5, 5.41) is 14.9. The molecule has 0 heterocycles. The fourth-order valence-electron chi connectivity index (χ4n) is 2.94. The molecular weight excluding hydrogens is 280 g/mol. The Balaban J connectivity index is 2.46. The molecule has 2 amide bonds. The average molecular weight is 312 g/mol. The van der Waals surface area contributed by atoms with Crippen LogP contribution in [0.2, 0.25) is 0 Å². The summed E-state index contributed by atoms with van der Waals surface area (Å²) in [7, 11) is 0. The van der Waals surface area contributed by atoms with Crippen molar-refractivity contribution in [3.63, 3.8) is 0 Å². The van der Waals surface area contributed by atoms with Crippen LogP contribution in [0.15, 0.2) is 0 Å². The Labute approximate surface area is 134 Å². The summed E-state index contributed by atoms with van der Waals surface area (Å²) in [6, 6.07) is -0.702. The fourth-order valence-corrected chi connectivity index (χ4v) is 2.94. The Morgan fingerprint density at radius 2 is 1.64 bits per heavy atom. The number of nitrogens with one attached hydrogen (secondary N) is 2. The van der Waals surface area contributed by atoms with Gasteiger partial charge in [0.25, 0.3) is 0 Å². The van der Waals surface area contributed by atoms with Gasteiger partial charge < -0.3 is 15.7 Å². The molecule has 0 aromatic carbocycles. The van der Waals surface area contributed by atoms with Gasteiger partial charge in [0.2, 0.25) is 11.8 Å². The second-order valence-electron chi connectivity index (χ2n) is 7.82. The van der Waals surface area contributed by atoms with Crippen molar-refractivity contribution < 1.29 is 14.7 Å². The zero-order valence-electron chi connectivity index (χ0n) is 14.6. The van der Waals surface area contributed by atoms with Crippen LogP contribution in [-0.2, 0) is 9.59 Å². The highest BCUT2D eigenvalue weighted by Gasteiger charge is 2.31. The lowest BCUT2D eigenvalue weighted by Gasteiger charge is -2.37. The lowest BCUT2D eigenvalue weighted by Crippen LogP contribution is -2.52. The van der Waals surface area contributed by atoms with E-state index in [4.69, 9.17) is 0 Å². The van der Waals surface area contributed by atoms with Gasteiger partial charge in [0.05, 0.1) is 6.61 Å². The van der Waals surface area contributed by atoms with E-state index < -0.39 is 6.04 Å². The molecule has 1 rings (SSSR count). The maximum atomic E-state index is 12.2. The molecule has 0 bridgehead atoms. The van der Waals surface area contributed by atoms with E-state index >= 15 is 0 Å². The van der Waals surface area contributed by atoms with Crippen LogP contribution in [0.25, 0.3) is 0 Å². The molecule has 0 aromatic heterocycles. The smallest absolute Gasteiger partial charge is 0.245 e. The summed E-state index contributed by atoms with van der Waals surface area (Å²) in [5.74, 6) is -0.0136. The van der Waals surface area contributed by atoms with Gasteiger partial charge in [0.1, 0.15) is 6.04 Å². The maximum Gasteiger partial charge on any atom is 0.245 e. The summed E-state index contributed by atoms with van der Waals surface area (Å²) < 4.78 is 0. The van der Waals surface area contributed by atoms with Gasteiger partial charge in [0.15, 0.2) is 0 Å². The van der Waals surface area contributed by atoms with Gasteiger partial charge in [-0.25, -0.2) is 0 Å². The van der Waals surface area contributed by atoms with Crippen molar-refractivity contribution in [2.45, 2.75) is 72.4 Å². The van der Waals surface area contributed by atoms with Gasteiger partial charge in [-0.3, -0.25) is 9.59 Å². The molecule has 0 spiro atoms.